The van der Waals surface area contributed by atoms with E-state index < -0.39 is 15.7 Å². The lowest BCUT2D eigenvalue weighted by atomic mass is 10.2. The van der Waals surface area contributed by atoms with Crippen molar-refractivity contribution >= 4 is 21.4 Å². The monoisotopic (exact) mass is 265 g/mol. The summed E-state index contributed by atoms with van der Waals surface area (Å²) in [7, 11) is -3.27. The number of hydrogen-bond acceptors (Lipinski definition) is 3. The van der Waals surface area contributed by atoms with Gasteiger partial charge in [-0.1, -0.05) is 23.7 Å². The van der Waals surface area contributed by atoms with Gasteiger partial charge in [0.05, 0.1) is 16.5 Å². The molecule has 90 valence electrons. The van der Waals surface area contributed by atoms with Gasteiger partial charge in [-0.2, -0.15) is 0 Å². The smallest absolute Gasteiger partial charge is 0.154 e. The van der Waals surface area contributed by atoms with Gasteiger partial charge in [0.15, 0.2) is 9.84 Å². The summed E-state index contributed by atoms with van der Waals surface area (Å²) in [5.41, 5.74) is 5.52. The van der Waals surface area contributed by atoms with E-state index in [2.05, 4.69) is 0 Å². The van der Waals surface area contributed by atoms with Crippen LogP contribution in [0, 0.1) is 5.82 Å². The average Bonchev–Trinajstić information content (AvgIpc) is 2.22. The van der Waals surface area contributed by atoms with E-state index in [-0.39, 0.29) is 16.5 Å². The van der Waals surface area contributed by atoms with Crippen LogP contribution >= 0.6 is 11.6 Å². The summed E-state index contributed by atoms with van der Waals surface area (Å²) in [5.74, 6) is -0.854. The van der Waals surface area contributed by atoms with E-state index in [1.807, 2.05) is 0 Å². The third kappa shape index (κ3) is 3.73. The lowest BCUT2D eigenvalue weighted by Gasteiger charge is -2.06. The van der Waals surface area contributed by atoms with Gasteiger partial charge in [-0.3, -0.25) is 0 Å². The topological polar surface area (TPSA) is 60.2 Å². The third-order valence-electron chi connectivity index (χ3n) is 2.07. The highest BCUT2D eigenvalue weighted by atomic mass is 35.5. The zero-order valence-electron chi connectivity index (χ0n) is 8.62. The fraction of sp³-hybridized carbons (Fsp3) is 0.400. The maximum Gasteiger partial charge on any atom is 0.154 e. The molecule has 0 fully saturated rings. The molecule has 0 saturated carbocycles. The zero-order valence-corrected chi connectivity index (χ0v) is 10.2. The molecule has 16 heavy (non-hydrogen) atoms. The van der Waals surface area contributed by atoms with E-state index in [1.165, 1.54) is 18.2 Å². The van der Waals surface area contributed by atoms with Gasteiger partial charge in [-0.05, 0) is 24.6 Å². The van der Waals surface area contributed by atoms with Gasteiger partial charge in [-0.25, -0.2) is 12.8 Å². The molecule has 0 unspecified atom stereocenters. The minimum atomic E-state index is -3.27. The predicted molar refractivity (Wildman–Crippen MR) is 62.6 cm³/mol. The Bertz CT molecular complexity index is 462. The number of hydrogen-bond donors (Lipinski definition) is 1. The molecule has 0 aromatic heterocycles. The van der Waals surface area contributed by atoms with Crippen LogP contribution in [-0.2, 0) is 15.6 Å². The van der Waals surface area contributed by atoms with Crippen LogP contribution in [0.25, 0.3) is 0 Å². The quantitative estimate of drug-likeness (QED) is 0.882. The van der Waals surface area contributed by atoms with Gasteiger partial charge in [0.2, 0.25) is 0 Å². The second kappa shape index (κ2) is 5.61. The van der Waals surface area contributed by atoms with Crippen LogP contribution in [0.5, 0.6) is 0 Å². The number of rotatable bonds is 5. The molecule has 0 radical (unpaired) electrons. The Morgan fingerprint density at radius 2 is 2.06 bits per heavy atom. The van der Waals surface area contributed by atoms with Crippen molar-refractivity contribution in [2.45, 2.75) is 12.2 Å². The van der Waals surface area contributed by atoms with Crippen LogP contribution in [0.1, 0.15) is 12.0 Å². The molecule has 0 aliphatic heterocycles. The molecule has 0 atom stereocenters. The van der Waals surface area contributed by atoms with Crippen LogP contribution < -0.4 is 5.73 Å². The Balaban J connectivity index is 2.84. The summed E-state index contributed by atoms with van der Waals surface area (Å²) in [6, 6.07) is 4.14. The molecule has 3 nitrogen and oxygen atoms in total. The van der Waals surface area contributed by atoms with Crippen molar-refractivity contribution in [3.05, 3.63) is 34.6 Å². The molecular formula is C10H13ClFNO2S. The van der Waals surface area contributed by atoms with Crippen molar-refractivity contribution in [2.75, 3.05) is 12.3 Å². The Labute approximate surface area is 99.3 Å². The Morgan fingerprint density at radius 3 is 2.69 bits per heavy atom. The highest BCUT2D eigenvalue weighted by Crippen LogP contribution is 2.21. The maximum absolute atomic E-state index is 13.1. The molecule has 1 rings (SSSR count). The van der Waals surface area contributed by atoms with Gasteiger partial charge in [0.25, 0.3) is 0 Å². The molecule has 1 aromatic rings. The number of nitrogens with two attached hydrogens (primary N) is 1. The molecule has 0 aliphatic carbocycles. The minimum Gasteiger partial charge on any atom is -0.330 e. The maximum atomic E-state index is 13.1. The molecule has 0 saturated heterocycles. The molecule has 0 bridgehead atoms. The Morgan fingerprint density at radius 1 is 1.38 bits per heavy atom. The zero-order chi connectivity index (χ0) is 12.2. The summed E-state index contributed by atoms with van der Waals surface area (Å²) in [6.45, 7) is 0.316. The summed E-state index contributed by atoms with van der Waals surface area (Å²) < 4.78 is 36.2. The van der Waals surface area contributed by atoms with Gasteiger partial charge in [0.1, 0.15) is 5.82 Å². The van der Waals surface area contributed by atoms with E-state index in [4.69, 9.17) is 17.3 Å². The largest absolute Gasteiger partial charge is 0.330 e. The fourth-order valence-corrected chi connectivity index (χ4v) is 3.01. The van der Waals surface area contributed by atoms with Gasteiger partial charge < -0.3 is 5.73 Å². The van der Waals surface area contributed by atoms with Crippen LogP contribution in [0.2, 0.25) is 5.02 Å². The second-order valence-electron chi connectivity index (χ2n) is 3.45. The first kappa shape index (κ1) is 13.4. The number of sulfone groups is 1. The molecule has 6 heteroatoms. The minimum absolute atomic E-state index is 0.00363. The molecule has 0 aliphatic rings. The average molecular weight is 266 g/mol. The fourth-order valence-electron chi connectivity index (χ4n) is 1.27. The van der Waals surface area contributed by atoms with Crippen molar-refractivity contribution in [3.63, 3.8) is 0 Å². The first-order chi connectivity index (χ1) is 7.46. The van der Waals surface area contributed by atoms with Gasteiger partial charge in [0, 0.05) is 0 Å². The van der Waals surface area contributed by atoms with E-state index in [0.717, 1.165) is 0 Å². The van der Waals surface area contributed by atoms with E-state index in [1.54, 1.807) is 0 Å². The number of benzene rings is 1. The second-order valence-corrected chi connectivity index (χ2v) is 6.01. The summed E-state index contributed by atoms with van der Waals surface area (Å²) >= 11 is 5.67. The van der Waals surface area contributed by atoms with Gasteiger partial charge >= 0.3 is 0 Å². The SMILES string of the molecule is NCCCS(=O)(=O)Cc1cccc(F)c1Cl. The standard InChI is InChI=1S/C10H13ClFNO2S/c11-10-8(3-1-4-9(10)12)7-16(14,15)6-2-5-13/h1,3-4H,2,5-7,13H2. The van der Waals surface area contributed by atoms with Crippen LogP contribution in [0.15, 0.2) is 18.2 Å². The van der Waals surface area contributed by atoms with Crippen molar-refractivity contribution < 1.29 is 12.8 Å². The molecule has 0 heterocycles. The highest BCUT2D eigenvalue weighted by Gasteiger charge is 2.15. The normalized spacial score (nSPS) is 11.7. The van der Waals surface area contributed by atoms with Crippen LogP contribution in [0.4, 0.5) is 4.39 Å². The van der Waals surface area contributed by atoms with Gasteiger partial charge in [-0.15, -0.1) is 0 Å². The van der Waals surface area contributed by atoms with E-state index >= 15 is 0 Å². The van der Waals surface area contributed by atoms with Crippen molar-refractivity contribution in [2.24, 2.45) is 5.73 Å². The predicted octanol–water partition coefficient (Wildman–Crippen LogP) is 1.74. The highest BCUT2D eigenvalue weighted by molar-refractivity contribution is 7.90. The molecule has 0 amide bonds. The van der Waals surface area contributed by atoms with Crippen molar-refractivity contribution in [1.82, 2.24) is 0 Å². The third-order valence-corrected chi connectivity index (χ3v) is 4.15. The lowest BCUT2D eigenvalue weighted by Crippen LogP contribution is -2.13. The Kier molecular flexibility index (Phi) is 4.70. The van der Waals surface area contributed by atoms with E-state index in [0.29, 0.717) is 18.5 Å². The van der Waals surface area contributed by atoms with Crippen molar-refractivity contribution in [3.8, 4) is 0 Å². The summed E-state index contributed by atoms with van der Waals surface area (Å²) in [5, 5.41) is -0.126. The molecule has 0 spiro atoms. The lowest BCUT2D eigenvalue weighted by molar-refractivity contribution is 0.592. The van der Waals surface area contributed by atoms with Crippen molar-refractivity contribution in [1.29, 1.82) is 0 Å². The summed E-state index contributed by atoms with van der Waals surface area (Å²) in [4.78, 5) is 0. The summed E-state index contributed by atoms with van der Waals surface area (Å²) in [6.07, 6.45) is 0.398. The number of halogens is 2. The van der Waals surface area contributed by atoms with Crippen LogP contribution in [0.3, 0.4) is 0 Å². The molecule has 1 aromatic carbocycles. The van der Waals surface area contributed by atoms with Crippen LogP contribution in [-0.4, -0.2) is 20.7 Å². The first-order valence-electron chi connectivity index (χ1n) is 4.79. The molecular weight excluding hydrogens is 253 g/mol. The first-order valence-corrected chi connectivity index (χ1v) is 6.99. The Hall–Kier alpha value is -0.650. The van der Waals surface area contributed by atoms with E-state index in [9.17, 15) is 12.8 Å². The molecule has 2 N–H and O–H groups in total.